The zero-order chi connectivity index (χ0) is 28.2. The number of H-pyrrole nitrogens is 1. The second-order valence-electron chi connectivity index (χ2n) is 10.9. The fourth-order valence-electron chi connectivity index (χ4n) is 5.95. The number of tetrazole rings is 1. The number of ether oxygens (including phenoxy) is 2. The van der Waals surface area contributed by atoms with E-state index < -0.39 is 0 Å². The maximum Gasteiger partial charge on any atom is 0.252 e. The van der Waals surface area contributed by atoms with Gasteiger partial charge in [-0.1, -0.05) is 25.8 Å². The number of aromatic nitrogens is 5. The minimum atomic E-state index is -0.0582. The van der Waals surface area contributed by atoms with Crippen LogP contribution in [0.2, 0.25) is 0 Å². The van der Waals surface area contributed by atoms with Gasteiger partial charge in [0.1, 0.15) is 0 Å². The first kappa shape index (κ1) is 27.8. The molecule has 212 valence electrons. The smallest absolute Gasteiger partial charge is 0.252 e. The van der Waals surface area contributed by atoms with E-state index in [1.165, 1.54) is 18.4 Å². The zero-order valence-electron chi connectivity index (χ0n) is 24.2. The lowest BCUT2D eigenvalue weighted by atomic mass is 10.0. The number of methoxy groups -OCH3 is 2. The summed E-state index contributed by atoms with van der Waals surface area (Å²) in [5, 5.41) is 14.1. The molecule has 0 aliphatic heterocycles. The average molecular weight is 545 g/mol. The summed E-state index contributed by atoms with van der Waals surface area (Å²) in [6.07, 6.45) is 6.20. The molecule has 4 aromatic rings. The molecular formula is C31H40N6O3. The average Bonchev–Trinajstić information content (AvgIpc) is 3.66. The van der Waals surface area contributed by atoms with Gasteiger partial charge in [-0.15, -0.1) is 5.10 Å². The Bertz CT molecular complexity index is 1520. The summed E-state index contributed by atoms with van der Waals surface area (Å²) in [5.41, 5.74) is 5.05. The van der Waals surface area contributed by atoms with Crippen molar-refractivity contribution < 1.29 is 9.47 Å². The number of nitrogens with zero attached hydrogens (tertiary/aromatic N) is 5. The van der Waals surface area contributed by atoms with E-state index in [4.69, 9.17) is 9.47 Å². The number of hydrogen-bond donors (Lipinski definition) is 1. The Labute approximate surface area is 235 Å². The van der Waals surface area contributed by atoms with Gasteiger partial charge in [-0.3, -0.25) is 9.69 Å². The van der Waals surface area contributed by atoms with Gasteiger partial charge < -0.3 is 14.5 Å². The third-order valence-corrected chi connectivity index (χ3v) is 8.36. The molecular weight excluding hydrogens is 504 g/mol. The van der Waals surface area contributed by atoms with Crippen LogP contribution in [0.15, 0.2) is 41.2 Å². The molecule has 0 amide bonds. The van der Waals surface area contributed by atoms with Gasteiger partial charge in [0.05, 0.1) is 26.3 Å². The first-order valence-electron chi connectivity index (χ1n) is 14.3. The predicted molar refractivity (Wildman–Crippen MR) is 156 cm³/mol. The van der Waals surface area contributed by atoms with Gasteiger partial charge in [-0.05, 0) is 102 Å². The third-order valence-electron chi connectivity index (χ3n) is 8.36. The van der Waals surface area contributed by atoms with Gasteiger partial charge in [0.15, 0.2) is 17.3 Å². The van der Waals surface area contributed by atoms with Gasteiger partial charge in [0.25, 0.3) is 5.56 Å². The van der Waals surface area contributed by atoms with E-state index in [1.54, 1.807) is 14.2 Å². The van der Waals surface area contributed by atoms with Crippen molar-refractivity contribution in [3.8, 4) is 11.5 Å². The summed E-state index contributed by atoms with van der Waals surface area (Å²) in [6.45, 7) is 7.54. The van der Waals surface area contributed by atoms with E-state index in [1.807, 2.05) is 22.9 Å². The molecule has 0 bridgehead atoms. The minimum Gasteiger partial charge on any atom is -0.493 e. The van der Waals surface area contributed by atoms with E-state index in [0.29, 0.717) is 24.1 Å². The van der Waals surface area contributed by atoms with E-state index in [-0.39, 0.29) is 11.6 Å². The van der Waals surface area contributed by atoms with Crippen LogP contribution >= 0.6 is 0 Å². The molecule has 5 rings (SSSR count). The molecule has 0 unspecified atom stereocenters. The number of fused-ring (bicyclic) bond motifs is 1. The van der Waals surface area contributed by atoms with Crippen LogP contribution in [-0.2, 0) is 13.0 Å². The molecule has 40 heavy (non-hydrogen) atoms. The van der Waals surface area contributed by atoms with Crippen molar-refractivity contribution in [3.05, 3.63) is 74.8 Å². The summed E-state index contributed by atoms with van der Waals surface area (Å²) < 4.78 is 13.0. The maximum atomic E-state index is 13.3. The van der Waals surface area contributed by atoms with Gasteiger partial charge in [-0.25, -0.2) is 4.68 Å². The van der Waals surface area contributed by atoms with Crippen molar-refractivity contribution in [2.24, 2.45) is 0 Å². The lowest BCUT2D eigenvalue weighted by molar-refractivity contribution is 0.169. The van der Waals surface area contributed by atoms with Crippen LogP contribution in [0.3, 0.4) is 0 Å². The van der Waals surface area contributed by atoms with Crippen LogP contribution in [-0.4, -0.2) is 50.9 Å². The first-order valence-corrected chi connectivity index (χ1v) is 14.3. The topological polar surface area (TPSA) is 98.2 Å². The van der Waals surface area contributed by atoms with Crippen molar-refractivity contribution in [2.45, 2.75) is 77.9 Å². The first-order chi connectivity index (χ1) is 19.4. The van der Waals surface area contributed by atoms with Crippen LogP contribution in [0.4, 0.5) is 0 Å². The SMILES string of the molecule is CC[C@@H](c1nnnn1C1CCCC1)N(CCc1ccc(OC)c(OC)c1)Cc1cc2cc(C)c(C)cc2[nH]c1=O. The Kier molecular flexibility index (Phi) is 8.49. The lowest BCUT2D eigenvalue weighted by Crippen LogP contribution is -2.34. The van der Waals surface area contributed by atoms with Crippen molar-refractivity contribution in [1.29, 1.82) is 0 Å². The highest BCUT2D eigenvalue weighted by Crippen LogP contribution is 2.33. The molecule has 1 saturated carbocycles. The Morgan fingerprint density at radius 1 is 1.05 bits per heavy atom. The Hall–Kier alpha value is -3.72. The summed E-state index contributed by atoms with van der Waals surface area (Å²) in [6, 6.07) is 12.6. The molecule has 2 aromatic carbocycles. The molecule has 1 N–H and O–H groups in total. The standard InChI is InChI=1S/C31H40N6O3/c1-6-27(30-33-34-35-37(30)25-9-7-8-10-25)36(14-13-22-11-12-28(39-4)29(17-22)40-5)19-24-18-23-15-20(2)21(3)16-26(23)32-31(24)38/h11-12,15-18,25,27H,6-10,13-14,19H2,1-5H3,(H,32,38)/t27-/m0/s1. The third kappa shape index (κ3) is 5.75. The fraction of sp³-hybridized carbons (Fsp3) is 0.484. The molecule has 1 fully saturated rings. The van der Waals surface area contributed by atoms with E-state index >= 15 is 0 Å². The number of aromatic amines is 1. The van der Waals surface area contributed by atoms with Gasteiger partial charge in [0, 0.05) is 24.2 Å². The molecule has 2 aromatic heterocycles. The van der Waals surface area contributed by atoms with Crippen LogP contribution in [0.5, 0.6) is 11.5 Å². The summed E-state index contributed by atoms with van der Waals surface area (Å²) in [4.78, 5) is 18.8. The number of nitrogens with one attached hydrogen (secondary N) is 1. The minimum absolute atomic E-state index is 0.0365. The van der Waals surface area contributed by atoms with E-state index in [0.717, 1.165) is 65.6 Å². The number of rotatable bonds is 11. The molecule has 0 saturated heterocycles. The van der Waals surface area contributed by atoms with Crippen molar-refractivity contribution in [3.63, 3.8) is 0 Å². The van der Waals surface area contributed by atoms with Crippen LogP contribution in [0, 0.1) is 13.8 Å². The largest absolute Gasteiger partial charge is 0.493 e. The van der Waals surface area contributed by atoms with Crippen molar-refractivity contribution in [2.75, 3.05) is 20.8 Å². The van der Waals surface area contributed by atoms with Gasteiger partial charge in [0.2, 0.25) is 0 Å². The lowest BCUT2D eigenvalue weighted by Gasteiger charge is -2.31. The Morgan fingerprint density at radius 3 is 2.52 bits per heavy atom. The van der Waals surface area contributed by atoms with Gasteiger partial charge >= 0.3 is 0 Å². The monoisotopic (exact) mass is 544 g/mol. The van der Waals surface area contributed by atoms with Crippen LogP contribution in [0.1, 0.15) is 79.2 Å². The van der Waals surface area contributed by atoms with Gasteiger partial charge in [-0.2, -0.15) is 0 Å². The zero-order valence-corrected chi connectivity index (χ0v) is 24.2. The highest BCUT2D eigenvalue weighted by atomic mass is 16.5. The summed E-state index contributed by atoms with van der Waals surface area (Å²) >= 11 is 0. The second-order valence-corrected chi connectivity index (χ2v) is 10.9. The molecule has 1 aliphatic rings. The maximum absolute atomic E-state index is 13.3. The molecule has 0 radical (unpaired) electrons. The van der Waals surface area contributed by atoms with Crippen molar-refractivity contribution >= 4 is 10.9 Å². The summed E-state index contributed by atoms with van der Waals surface area (Å²) in [7, 11) is 3.29. The number of pyridine rings is 1. The normalized spacial score (nSPS) is 14.8. The van der Waals surface area contributed by atoms with Crippen LogP contribution < -0.4 is 15.0 Å². The predicted octanol–water partition coefficient (Wildman–Crippen LogP) is 5.46. The molecule has 2 heterocycles. The second kappa shape index (κ2) is 12.2. The molecule has 9 heteroatoms. The highest BCUT2D eigenvalue weighted by molar-refractivity contribution is 5.80. The van der Waals surface area contributed by atoms with E-state index in [9.17, 15) is 4.79 Å². The number of hydrogen-bond acceptors (Lipinski definition) is 7. The van der Waals surface area contributed by atoms with E-state index in [2.05, 4.69) is 64.4 Å². The molecule has 1 aliphatic carbocycles. The Morgan fingerprint density at radius 2 is 1.80 bits per heavy atom. The molecule has 0 spiro atoms. The van der Waals surface area contributed by atoms with Crippen molar-refractivity contribution in [1.82, 2.24) is 30.1 Å². The fourth-order valence-corrected chi connectivity index (χ4v) is 5.95. The molecule has 1 atom stereocenters. The number of aryl methyl sites for hydroxylation is 2. The Balaban J connectivity index is 1.50. The highest BCUT2D eigenvalue weighted by Gasteiger charge is 2.29. The summed E-state index contributed by atoms with van der Waals surface area (Å²) in [5.74, 6) is 2.30. The molecule has 9 nitrogen and oxygen atoms in total. The quantitative estimate of drug-likeness (QED) is 0.268. The number of benzene rings is 2. The van der Waals surface area contributed by atoms with Crippen LogP contribution in [0.25, 0.3) is 10.9 Å².